The molecule has 0 saturated carbocycles. The predicted molar refractivity (Wildman–Crippen MR) is 63.5 cm³/mol. The third kappa shape index (κ3) is 2.18. The van der Waals surface area contributed by atoms with E-state index in [1.54, 1.807) is 18.4 Å². The molecule has 0 spiro atoms. The number of methoxy groups -OCH3 is 1. The van der Waals surface area contributed by atoms with Gasteiger partial charge < -0.3 is 4.74 Å². The zero-order valence-electron chi connectivity index (χ0n) is 8.86. The van der Waals surface area contributed by atoms with Gasteiger partial charge in [-0.05, 0) is 24.6 Å². The molecule has 2 nitrogen and oxygen atoms in total. The first-order valence-electron chi connectivity index (χ1n) is 4.93. The minimum atomic E-state index is 0.666. The van der Waals surface area contributed by atoms with Gasteiger partial charge in [0, 0.05) is 10.9 Å². The molecule has 15 heavy (non-hydrogen) atoms. The van der Waals surface area contributed by atoms with Crippen molar-refractivity contribution < 1.29 is 4.74 Å². The maximum atomic E-state index is 5.10. The summed E-state index contributed by atoms with van der Waals surface area (Å²) in [6.45, 7) is 2.16. The molecule has 0 amide bonds. The van der Waals surface area contributed by atoms with E-state index in [4.69, 9.17) is 4.74 Å². The maximum absolute atomic E-state index is 5.10. The van der Waals surface area contributed by atoms with Gasteiger partial charge in [0.05, 0.1) is 17.7 Å². The number of hydrogen-bond donors (Lipinski definition) is 0. The Hall–Kier alpha value is -1.35. The van der Waals surface area contributed by atoms with Crippen molar-refractivity contribution >= 4 is 11.3 Å². The van der Waals surface area contributed by atoms with E-state index in [1.807, 2.05) is 18.2 Å². The maximum Gasteiger partial charge on any atom is 0.213 e. The van der Waals surface area contributed by atoms with Gasteiger partial charge in [0.25, 0.3) is 0 Å². The van der Waals surface area contributed by atoms with Crippen LogP contribution in [0.5, 0.6) is 5.88 Å². The summed E-state index contributed by atoms with van der Waals surface area (Å²) in [4.78, 5) is 6.98. The molecule has 3 heteroatoms. The third-order valence-corrected chi connectivity index (χ3v) is 3.45. The van der Waals surface area contributed by atoms with Crippen LogP contribution in [-0.2, 0) is 6.42 Å². The van der Waals surface area contributed by atoms with Crippen LogP contribution in [0.15, 0.2) is 30.3 Å². The van der Waals surface area contributed by atoms with Crippen molar-refractivity contribution in [2.45, 2.75) is 13.3 Å². The van der Waals surface area contributed by atoms with E-state index in [-0.39, 0.29) is 0 Å². The van der Waals surface area contributed by atoms with Crippen molar-refractivity contribution in [3.63, 3.8) is 0 Å². The molecule has 0 radical (unpaired) electrons. The lowest BCUT2D eigenvalue weighted by atomic mass is 10.3. The van der Waals surface area contributed by atoms with Gasteiger partial charge in [-0.25, -0.2) is 4.98 Å². The van der Waals surface area contributed by atoms with E-state index >= 15 is 0 Å². The lowest BCUT2D eigenvalue weighted by Gasteiger charge is -2.00. The molecule has 0 aromatic carbocycles. The summed E-state index contributed by atoms with van der Waals surface area (Å²) >= 11 is 1.79. The van der Waals surface area contributed by atoms with E-state index in [1.165, 1.54) is 9.75 Å². The van der Waals surface area contributed by atoms with Crippen LogP contribution in [0.2, 0.25) is 0 Å². The highest BCUT2D eigenvalue weighted by Crippen LogP contribution is 2.27. The van der Waals surface area contributed by atoms with Crippen molar-refractivity contribution in [3.8, 4) is 16.5 Å². The van der Waals surface area contributed by atoms with Crippen LogP contribution in [-0.4, -0.2) is 12.1 Å². The Morgan fingerprint density at radius 1 is 1.27 bits per heavy atom. The number of pyridine rings is 1. The fourth-order valence-corrected chi connectivity index (χ4v) is 2.29. The summed E-state index contributed by atoms with van der Waals surface area (Å²) in [5.74, 6) is 0.666. The molecule has 0 saturated heterocycles. The third-order valence-electron chi connectivity index (χ3n) is 2.20. The summed E-state index contributed by atoms with van der Waals surface area (Å²) in [7, 11) is 1.64. The summed E-state index contributed by atoms with van der Waals surface area (Å²) in [5, 5.41) is 0. The number of aromatic nitrogens is 1. The second-order valence-electron chi connectivity index (χ2n) is 3.18. The van der Waals surface area contributed by atoms with Crippen LogP contribution in [0.1, 0.15) is 11.8 Å². The van der Waals surface area contributed by atoms with Crippen LogP contribution >= 0.6 is 11.3 Å². The number of hydrogen-bond acceptors (Lipinski definition) is 3. The standard InChI is InChI=1S/C12H13NOS/c1-3-9-7-8-11(15-9)10-5-4-6-12(13-10)14-2/h4-8H,3H2,1-2H3. The Balaban J connectivity index is 2.35. The molecule has 2 aromatic heterocycles. The quantitative estimate of drug-likeness (QED) is 0.789. The molecule has 2 heterocycles. The SMILES string of the molecule is CCc1ccc(-c2cccc(OC)n2)s1. The lowest BCUT2D eigenvalue weighted by Crippen LogP contribution is -1.87. The monoisotopic (exact) mass is 219 g/mol. The smallest absolute Gasteiger partial charge is 0.213 e. The van der Waals surface area contributed by atoms with Crippen LogP contribution in [0, 0.1) is 0 Å². The zero-order chi connectivity index (χ0) is 10.7. The Labute approximate surface area is 93.6 Å². The van der Waals surface area contributed by atoms with Crippen LogP contribution in [0.3, 0.4) is 0 Å². The first-order valence-corrected chi connectivity index (χ1v) is 5.75. The fourth-order valence-electron chi connectivity index (χ4n) is 1.37. The van der Waals surface area contributed by atoms with Gasteiger partial charge in [-0.15, -0.1) is 11.3 Å². The number of rotatable bonds is 3. The van der Waals surface area contributed by atoms with Gasteiger partial charge in [0.15, 0.2) is 0 Å². The molecule has 0 atom stereocenters. The largest absolute Gasteiger partial charge is 0.481 e. The Bertz CT molecular complexity index is 450. The summed E-state index contributed by atoms with van der Waals surface area (Å²) in [5.41, 5.74) is 0.985. The second-order valence-corrected chi connectivity index (χ2v) is 4.35. The van der Waals surface area contributed by atoms with E-state index in [9.17, 15) is 0 Å². The van der Waals surface area contributed by atoms with Crippen molar-refractivity contribution in [1.29, 1.82) is 0 Å². The van der Waals surface area contributed by atoms with Gasteiger partial charge >= 0.3 is 0 Å². The molecule has 2 aromatic rings. The molecule has 2 rings (SSSR count). The van der Waals surface area contributed by atoms with Gasteiger partial charge in [0.2, 0.25) is 5.88 Å². The number of nitrogens with zero attached hydrogens (tertiary/aromatic N) is 1. The highest BCUT2D eigenvalue weighted by atomic mass is 32.1. The Morgan fingerprint density at radius 3 is 2.80 bits per heavy atom. The summed E-state index contributed by atoms with van der Waals surface area (Å²) < 4.78 is 5.10. The average Bonchev–Trinajstić information content (AvgIpc) is 2.78. The zero-order valence-corrected chi connectivity index (χ0v) is 9.67. The molecule has 0 N–H and O–H groups in total. The molecule has 0 aliphatic carbocycles. The van der Waals surface area contributed by atoms with Crippen molar-refractivity contribution in [2.24, 2.45) is 0 Å². The Kier molecular flexibility index (Phi) is 3.02. The molecule has 0 aliphatic heterocycles. The van der Waals surface area contributed by atoms with Gasteiger partial charge in [0.1, 0.15) is 0 Å². The highest BCUT2D eigenvalue weighted by molar-refractivity contribution is 7.15. The van der Waals surface area contributed by atoms with Gasteiger partial charge in [-0.2, -0.15) is 0 Å². The van der Waals surface area contributed by atoms with E-state index in [0.717, 1.165) is 12.1 Å². The Morgan fingerprint density at radius 2 is 2.13 bits per heavy atom. The normalized spacial score (nSPS) is 10.3. The van der Waals surface area contributed by atoms with E-state index in [0.29, 0.717) is 5.88 Å². The summed E-state index contributed by atoms with van der Waals surface area (Å²) in [6, 6.07) is 10.1. The average molecular weight is 219 g/mol. The summed E-state index contributed by atoms with van der Waals surface area (Å²) in [6.07, 6.45) is 1.08. The van der Waals surface area contributed by atoms with Crippen molar-refractivity contribution in [2.75, 3.05) is 7.11 Å². The van der Waals surface area contributed by atoms with Gasteiger partial charge in [-0.3, -0.25) is 0 Å². The lowest BCUT2D eigenvalue weighted by molar-refractivity contribution is 0.398. The highest BCUT2D eigenvalue weighted by Gasteiger charge is 2.04. The predicted octanol–water partition coefficient (Wildman–Crippen LogP) is 3.38. The number of thiophene rings is 1. The number of ether oxygens (including phenoxy) is 1. The second kappa shape index (κ2) is 4.45. The molecule has 0 bridgehead atoms. The fraction of sp³-hybridized carbons (Fsp3) is 0.250. The minimum absolute atomic E-state index is 0.666. The van der Waals surface area contributed by atoms with Crippen molar-refractivity contribution in [3.05, 3.63) is 35.2 Å². The first kappa shape index (κ1) is 10.2. The number of aryl methyl sites for hydroxylation is 1. The van der Waals surface area contributed by atoms with Crippen LogP contribution in [0.4, 0.5) is 0 Å². The molecule has 0 unspecified atom stereocenters. The van der Waals surface area contributed by atoms with E-state index < -0.39 is 0 Å². The molecular formula is C12H13NOS. The molecule has 0 fully saturated rings. The minimum Gasteiger partial charge on any atom is -0.481 e. The first-order chi connectivity index (χ1) is 7.33. The molecule has 0 aliphatic rings. The van der Waals surface area contributed by atoms with Crippen molar-refractivity contribution in [1.82, 2.24) is 4.98 Å². The molecule has 78 valence electrons. The topological polar surface area (TPSA) is 22.1 Å². The van der Waals surface area contributed by atoms with Crippen LogP contribution < -0.4 is 4.74 Å². The molecular weight excluding hydrogens is 206 g/mol. The van der Waals surface area contributed by atoms with Gasteiger partial charge in [-0.1, -0.05) is 13.0 Å². The van der Waals surface area contributed by atoms with E-state index in [2.05, 4.69) is 24.0 Å². The van der Waals surface area contributed by atoms with Crippen LogP contribution in [0.25, 0.3) is 10.6 Å².